The summed E-state index contributed by atoms with van der Waals surface area (Å²) in [6.07, 6.45) is 0.530. The van der Waals surface area contributed by atoms with Gasteiger partial charge in [-0.15, -0.1) is 0 Å². The highest BCUT2D eigenvalue weighted by atomic mass is 19.1. The van der Waals surface area contributed by atoms with E-state index in [1.54, 1.807) is 0 Å². The lowest BCUT2D eigenvalue weighted by molar-refractivity contribution is 0.388. The molecule has 1 aromatic rings. The maximum Gasteiger partial charge on any atom is 0.126 e. The second-order valence-electron chi connectivity index (χ2n) is 4.13. The molecule has 15 heavy (non-hydrogen) atoms. The Kier molecular flexibility index (Phi) is 4.21. The van der Waals surface area contributed by atoms with Crippen molar-refractivity contribution in [1.82, 2.24) is 0 Å². The van der Waals surface area contributed by atoms with Crippen LogP contribution in [0.1, 0.15) is 19.4 Å². The van der Waals surface area contributed by atoms with E-state index in [4.69, 9.17) is 5.73 Å². The van der Waals surface area contributed by atoms with Crippen molar-refractivity contribution < 1.29 is 8.78 Å². The zero-order chi connectivity index (χ0) is 11.4. The van der Waals surface area contributed by atoms with E-state index < -0.39 is 0 Å². The molecule has 0 fully saturated rings. The van der Waals surface area contributed by atoms with Crippen molar-refractivity contribution in [3.05, 3.63) is 35.4 Å². The lowest BCUT2D eigenvalue weighted by Crippen LogP contribution is -2.20. The number of hydrogen-bond donors (Lipinski definition) is 1. The third-order valence-corrected chi connectivity index (χ3v) is 2.89. The Morgan fingerprint density at radius 2 is 1.87 bits per heavy atom. The Morgan fingerprint density at radius 1 is 1.20 bits per heavy atom. The summed E-state index contributed by atoms with van der Waals surface area (Å²) in [5, 5.41) is 0. The van der Waals surface area contributed by atoms with Gasteiger partial charge in [0.15, 0.2) is 0 Å². The molecule has 0 aliphatic carbocycles. The number of halogens is 2. The first-order chi connectivity index (χ1) is 7.04. The summed E-state index contributed by atoms with van der Waals surface area (Å²) in [6, 6.07) is 3.56. The van der Waals surface area contributed by atoms with Crippen molar-refractivity contribution in [2.24, 2.45) is 17.6 Å². The predicted octanol–water partition coefficient (Wildman–Crippen LogP) is 2.74. The van der Waals surface area contributed by atoms with Crippen LogP contribution in [0.2, 0.25) is 0 Å². The maximum atomic E-state index is 13.3. The molecule has 0 bridgehead atoms. The van der Waals surface area contributed by atoms with E-state index >= 15 is 0 Å². The standard InChI is InChI=1S/C12H17F2N/c1-8(9(2)7-15)5-10-6-11(13)3-4-12(10)14/h3-4,6,8-9H,5,7,15H2,1-2H3. The molecule has 0 aliphatic rings. The molecule has 0 saturated heterocycles. The number of hydrogen-bond acceptors (Lipinski definition) is 1. The van der Waals surface area contributed by atoms with Crippen molar-refractivity contribution in [3.8, 4) is 0 Å². The lowest BCUT2D eigenvalue weighted by atomic mass is 9.89. The minimum Gasteiger partial charge on any atom is -0.330 e. The van der Waals surface area contributed by atoms with E-state index in [-0.39, 0.29) is 17.6 Å². The first-order valence-electron chi connectivity index (χ1n) is 5.18. The van der Waals surface area contributed by atoms with E-state index in [0.717, 1.165) is 6.07 Å². The van der Waals surface area contributed by atoms with E-state index in [2.05, 4.69) is 0 Å². The molecular formula is C12H17F2N. The summed E-state index contributed by atoms with van der Waals surface area (Å²) < 4.78 is 26.2. The molecule has 1 rings (SSSR count). The van der Waals surface area contributed by atoms with Crippen molar-refractivity contribution in [2.45, 2.75) is 20.3 Å². The van der Waals surface area contributed by atoms with Crippen molar-refractivity contribution in [1.29, 1.82) is 0 Å². The van der Waals surface area contributed by atoms with E-state index in [1.807, 2.05) is 13.8 Å². The molecule has 2 atom stereocenters. The quantitative estimate of drug-likeness (QED) is 0.817. The minimum atomic E-state index is -0.390. The molecule has 84 valence electrons. The Balaban J connectivity index is 2.75. The second-order valence-corrected chi connectivity index (χ2v) is 4.13. The number of rotatable bonds is 4. The minimum absolute atomic E-state index is 0.256. The smallest absolute Gasteiger partial charge is 0.126 e. The molecule has 3 heteroatoms. The first-order valence-corrected chi connectivity index (χ1v) is 5.18. The summed E-state index contributed by atoms with van der Waals surface area (Å²) >= 11 is 0. The zero-order valence-corrected chi connectivity index (χ0v) is 9.13. The molecule has 2 N–H and O–H groups in total. The van der Waals surface area contributed by atoms with Crippen LogP contribution in [0.5, 0.6) is 0 Å². The van der Waals surface area contributed by atoms with Gasteiger partial charge in [0.1, 0.15) is 11.6 Å². The van der Waals surface area contributed by atoms with Crippen molar-refractivity contribution in [3.63, 3.8) is 0 Å². The van der Waals surface area contributed by atoms with Crippen molar-refractivity contribution in [2.75, 3.05) is 6.54 Å². The fourth-order valence-corrected chi connectivity index (χ4v) is 1.48. The molecule has 1 aromatic carbocycles. The van der Waals surface area contributed by atoms with Gasteiger partial charge in [-0.05, 0) is 48.6 Å². The summed E-state index contributed by atoms with van der Waals surface area (Å²) in [6.45, 7) is 4.59. The summed E-state index contributed by atoms with van der Waals surface area (Å²) in [5.74, 6) is -0.162. The summed E-state index contributed by atoms with van der Waals surface area (Å²) in [5.41, 5.74) is 5.96. The third-order valence-electron chi connectivity index (χ3n) is 2.89. The van der Waals surface area contributed by atoms with E-state index in [1.165, 1.54) is 12.1 Å². The fourth-order valence-electron chi connectivity index (χ4n) is 1.48. The van der Waals surface area contributed by atoms with Crippen LogP contribution in [0.3, 0.4) is 0 Å². The van der Waals surface area contributed by atoms with Gasteiger partial charge >= 0.3 is 0 Å². The molecule has 0 aromatic heterocycles. The highest BCUT2D eigenvalue weighted by Gasteiger charge is 2.14. The molecule has 0 aliphatic heterocycles. The Hall–Kier alpha value is -0.960. The van der Waals surface area contributed by atoms with Crippen LogP contribution in [-0.4, -0.2) is 6.54 Å². The Bertz CT molecular complexity index is 325. The van der Waals surface area contributed by atoms with Crippen LogP contribution in [0.15, 0.2) is 18.2 Å². The summed E-state index contributed by atoms with van der Waals surface area (Å²) in [7, 11) is 0. The maximum absolute atomic E-state index is 13.3. The topological polar surface area (TPSA) is 26.0 Å². The molecule has 0 saturated carbocycles. The molecule has 0 amide bonds. The van der Waals surface area contributed by atoms with Gasteiger partial charge in [-0.2, -0.15) is 0 Å². The molecular weight excluding hydrogens is 196 g/mol. The van der Waals surface area contributed by atoms with Crippen LogP contribution in [0.4, 0.5) is 8.78 Å². The van der Waals surface area contributed by atoms with Crippen LogP contribution >= 0.6 is 0 Å². The molecule has 0 heterocycles. The second kappa shape index (κ2) is 5.21. The predicted molar refractivity (Wildman–Crippen MR) is 57.4 cm³/mol. The van der Waals surface area contributed by atoms with Gasteiger partial charge in [0.2, 0.25) is 0 Å². The lowest BCUT2D eigenvalue weighted by Gasteiger charge is -2.18. The SMILES string of the molecule is CC(CN)C(C)Cc1cc(F)ccc1F. The molecule has 2 unspecified atom stereocenters. The van der Waals surface area contributed by atoms with Crippen LogP contribution in [0, 0.1) is 23.5 Å². The van der Waals surface area contributed by atoms with E-state index in [9.17, 15) is 8.78 Å². The number of nitrogens with two attached hydrogens (primary N) is 1. The average molecular weight is 213 g/mol. The van der Waals surface area contributed by atoms with Crippen LogP contribution in [0.25, 0.3) is 0 Å². The van der Waals surface area contributed by atoms with E-state index in [0.29, 0.717) is 24.4 Å². The monoisotopic (exact) mass is 213 g/mol. The van der Waals surface area contributed by atoms with Gasteiger partial charge in [0.05, 0.1) is 0 Å². The molecule has 0 radical (unpaired) electrons. The molecule has 0 spiro atoms. The highest BCUT2D eigenvalue weighted by Crippen LogP contribution is 2.19. The highest BCUT2D eigenvalue weighted by molar-refractivity contribution is 5.19. The Labute approximate surface area is 89.3 Å². The zero-order valence-electron chi connectivity index (χ0n) is 9.13. The number of benzene rings is 1. The van der Waals surface area contributed by atoms with Crippen molar-refractivity contribution >= 4 is 0 Å². The summed E-state index contributed by atoms with van der Waals surface area (Å²) in [4.78, 5) is 0. The van der Waals surface area contributed by atoms with Gasteiger partial charge < -0.3 is 5.73 Å². The van der Waals surface area contributed by atoms with Gasteiger partial charge in [0, 0.05) is 0 Å². The van der Waals surface area contributed by atoms with Crippen LogP contribution in [-0.2, 0) is 6.42 Å². The van der Waals surface area contributed by atoms with Gasteiger partial charge in [-0.3, -0.25) is 0 Å². The average Bonchev–Trinajstić information content (AvgIpc) is 2.22. The van der Waals surface area contributed by atoms with Gasteiger partial charge in [-0.25, -0.2) is 8.78 Å². The third kappa shape index (κ3) is 3.27. The first kappa shape index (κ1) is 12.1. The Morgan fingerprint density at radius 3 is 2.47 bits per heavy atom. The van der Waals surface area contributed by atoms with Gasteiger partial charge in [-0.1, -0.05) is 13.8 Å². The normalized spacial score (nSPS) is 15.0. The van der Waals surface area contributed by atoms with Gasteiger partial charge in [0.25, 0.3) is 0 Å². The van der Waals surface area contributed by atoms with Crippen LogP contribution < -0.4 is 5.73 Å². The largest absolute Gasteiger partial charge is 0.330 e. The fraction of sp³-hybridized carbons (Fsp3) is 0.500. The molecule has 1 nitrogen and oxygen atoms in total.